The Kier molecular flexibility index (Phi) is 3.54. The number of carbonyl (C=O) groups is 1. The van der Waals surface area contributed by atoms with E-state index in [0.29, 0.717) is 5.69 Å². The molecule has 1 aromatic carbocycles. The first-order chi connectivity index (χ1) is 8.78. The molecule has 0 unspecified atom stereocenters. The van der Waals surface area contributed by atoms with Gasteiger partial charge in [-0.1, -0.05) is 12.1 Å². The van der Waals surface area contributed by atoms with Crippen LogP contribution in [0.15, 0.2) is 24.3 Å². The Morgan fingerprint density at radius 3 is 2.26 bits per heavy atom. The molecule has 0 heterocycles. The zero-order valence-electron chi connectivity index (χ0n) is 11.7. The zero-order valence-corrected chi connectivity index (χ0v) is 11.7. The molecule has 0 aliphatic heterocycles. The summed E-state index contributed by atoms with van der Waals surface area (Å²) in [5.74, 6) is 0. The quantitative estimate of drug-likeness (QED) is 0.859. The second-order valence-corrected chi connectivity index (χ2v) is 6.09. The topological polar surface area (TPSA) is 58.6 Å². The van der Waals surface area contributed by atoms with Crippen molar-refractivity contribution in [3.8, 4) is 0 Å². The predicted octanol–water partition coefficient (Wildman–Crippen LogP) is 3.41. The summed E-state index contributed by atoms with van der Waals surface area (Å²) < 4.78 is 5.17. The van der Waals surface area contributed by atoms with E-state index in [9.17, 15) is 9.90 Å². The molecular weight excluding hydrogens is 242 g/mol. The van der Waals surface area contributed by atoms with Crippen LogP contribution >= 0.6 is 0 Å². The number of rotatable bonds is 2. The van der Waals surface area contributed by atoms with E-state index in [1.165, 1.54) is 0 Å². The molecule has 4 nitrogen and oxygen atoms in total. The maximum atomic E-state index is 11.6. The van der Waals surface area contributed by atoms with Gasteiger partial charge in [-0.3, -0.25) is 5.32 Å². The number of ether oxygens (including phenoxy) is 1. The molecule has 2 rings (SSSR count). The third-order valence-electron chi connectivity index (χ3n) is 3.25. The first kappa shape index (κ1) is 13.9. The van der Waals surface area contributed by atoms with Crippen molar-refractivity contribution in [2.24, 2.45) is 0 Å². The summed E-state index contributed by atoms with van der Waals surface area (Å²) in [4.78, 5) is 11.6. The molecule has 0 aromatic heterocycles. The van der Waals surface area contributed by atoms with Crippen LogP contribution in [-0.4, -0.2) is 16.8 Å². The highest BCUT2D eigenvalue weighted by Crippen LogP contribution is 2.41. The molecule has 0 atom stereocenters. The van der Waals surface area contributed by atoms with Gasteiger partial charge in [-0.25, -0.2) is 4.79 Å². The summed E-state index contributed by atoms with van der Waals surface area (Å²) >= 11 is 0. The van der Waals surface area contributed by atoms with Gasteiger partial charge in [0.1, 0.15) is 5.60 Å². The van der Waals surface area contributed by atoms with Crippen LogP contribution < -0.4 is 5.32 Å². The van der Waals surface area contributed by atoms with Crippen LogP contribution in [0.1, 0.15) is 45.6 Å². The molecule has 1 amide bonds. The standard InChI is InChI=1S/C15H21NO3/c1-14(2,3)19-13(17)16-12-7-5-11(6-8-12)15(18)9-4-10-15/h5-8,18H,4,9-10H2,1-3H3,(H,16,17). The first-order valence-electron chi connectivity index (χ1n) is 6.61. The minimum absolute atomic E-state index is 0.470. The Balaban J connectivity index is 1.97. The van der Waals surface area contributed by atoms with Gasteiger partial charge in [-0.2, -0.15) is 0 Å². The lowest BCUT2D eigenvalue weighted by molar-refractivity contribution is -0.0387. The molecule has 104 valence electrons. The van der Waals surface area contributed by atoms with Crippen molar-refractivity contribution < 1.29 is 14.6 Å². The average molecular weight is 263 g/mol. The Bertz CT molecular complexity index is 455. The molecule has 0 radical (unpaired) electrons. The van der Waals surface area contributed by atoms with Crippen LogP contribution in [-0.2, 0) is 10.3 Å². The van der Waals surface area contributed by atoms with E-state index < -0.39 is 17.3 Å². The second kappa shape index (κ2) is 4.85. The van der Waals surface area contributed by atoms with E-state index in [4.69, 9.17) is 4.74 Å². The Labute approximate surface area is 113 Å². The highest BCUT2D eigenvalue weighted by molar-refractivity contribution is 5.84. The molecule has 1 aromatic rings. The van der Waals surface area contributed by atoms with Crippen molar-refractivity contribution in [1.82, 2.24) is 0 Å². The molecular formula is C15H21NO3. The van der Waals surface area contributed by atoms with Gasteiger partial charge in [0.25, 0.3) is 0 Å². The normalized spacial score (nSPS) is 17.5. The number of anilines is 1. The van der Waals surface area contributed by atoms with Crippen LogP contribution in [0.3, 0.4) is 0 Å². The minimum atomic E-state index is -0.662. The van der Waals surface area contributed by atoms with Crippen LogP contribution in [0.4, 0.5) is 10.5 Å². The Morgan fingerprint density at radius 2 is 1.84 bits per heavy atom. The Morgan fingerprint density at radius 1 is 1.26 bits per heavy atom. The van der Waals surface area contributed by atoms with Crippen molar-refractivity contribution in [1.29, 1.82) is 0 Å². The van der Waals surface area contributed by atoms with Crippen LogP contribution in [0, 0.1) is 0 Å². The fraction of sp³-hybridized carbons (Fsp3) is 0.533. The number of aliphatic hydroxyl groups is 1. The molecule has 19 heavy (non-hydrogen) atoms. The van der Waals surface area contributed by atoms with Crippen molar-refractivity contribution in [2.75, 3.05) is 5.32 Å². The SMILES string of the molecule is CC(C)(C)OC(=O)Nc1ccc(C2(O)CCC2)cc1. The third-order valence-corrected chi connectivity index (χ3v) is 3.25. The maximum Gasteiger partial charge on any atom is 0.412 e. The van der Waals surface area contributed by atoms with Gasteiger partial charge in [-0.05, 0) is 57.7 Å². The fourth-order valence-corrected chi connectivity index (χ4v) is 2.09. The number of nitrogens with one attached hydrogen (secondary N) is 1. The summed E-state index contributed by atoms with van der Waals surface area (Å²) in [6.07, 6.45) is 2.22. The molecule has 4 heteroatoms. The largest absolute Gasteiger partial charge is 0.444 e. The highest BCUT2D eigenvalue weighted by Gasteiger charge is 2.35. The van der Waals surface area contributed by atoms with Crippen molar-refractivity contribution in [3.05, 3.63) is 29.8 Å². The van der Waals surface area contributed by atoms with E-state index in [2.05, 4.69) is 5.32 Å². The lowest BCUT2D eigenvalue weighted by Gasteiger charge is -2.37. The molecule has 1 saturated carbocycles. The molecule has 2 N–H and O–H groups in total. The third kappa shape index (κ3) is 3.47. The van der Waals surface area contributed by atoms with Crippen molar-refractivity contribution in [2.45, 2.75) is 51.2 Å². The van der Waals surface area contributed by atoms with Crippen LogP contribution in [0.5, 0.6) is 0 Å². The van der Waals surface area contributed by atoms with Gasteiger partial charge in [0.2, 0.25) is 0 Å². The van der Waals surface area contributed by atoms with E-state index >= 15 is 0 Å². The van der Waals surface area contributed by atoms with Gasteiger partial charge in [0, 0.05) is 5.69 Å². The average Bonchev–Trinajstić information content (AvgIpc) is 2.24. The molecule has 1 aliphatic carbocycles. The number of hydrogen-bond donors (Lipinski definition) is 2. The maximum absolute atomic E-state index is 11.6. The molecule has 0 spiro atoms. The van der Waals surface area contributed by atoms with Gasteiger partial charge in [-0.15, -0.1) is 0 Å². The number of benzene rings is 1. The minimum Gasteiger partial charge on any atom is -0.444 e. The van der Waals surface area contributed by atoms with E-state index in [1.54, 1.807) is 12.1 Å². The summed E-state index contributed by atoms with van der Waals surface area (Å²) in [6.45, 7) is 5.46. The van der Waals surface area contributed by atoms with Crippen molar-refractivity contribution in [3.63, 3.8) is 0 Å². The van der Waals surface area contributed by atoms with E-state index in [-0.39, 0.29) is 0 Å². The van der Waals surface area contributed by atoms with Gasteiger partial charge in [0.15, 0.2) is 0 Å². The first-order valence-corrected chi connectivity index (χ1v) is 6.61. The lowest BCUT2D eigenvalue weighted by atomic mass is 9.75. The number of amides is 1. The monoisotopic (exact) mass is 263 g/mol. The van der Waals surface area contributed by atoms with Crippen LogP contribution in [0.25, 0.3) is 0 Å². The number of carbonyl (C=O) groups excluding carboxylic acids is 1. The summed E-state index contributed by atoms with van der Waals surface area (Å²) in [5, 5.41) is 12.9. The van der Waals surface area contributed by atoms with Crippen molar-refractivity contribution >= 4 is 11.8 Å². The van der Waals surface area contributed by atoms with Gasteiger partial charge >= 0.3 is 6.09 Å². The molecule has 1 fully saturated rings. The van der Waals surface area contributed by atoms with E-state index in [0.717, 1.165) is 24.8 Å². The molecule has 0 saturated heterocycles. The highest BCUT2D eigenvalue weighted by atomic mass is 16.6. The zero-order chi connectivity index (χ0) is 14.1. The van der Waals surface area contributed by atoms with Gasteiger partial charge in [0.05, 0.1) is 5.60 Å². The Hall–Kier alpha value is -1.55. The number of hydrogen-bond acceptors (Lipinski definition) is 3. The summed E-state index contributed by atoms with van der Waals surface area (Å²) in [5.41, 5.74) is 0.407. The smallest absolute Gasteiger partial charge is 0.412 e. The second-order valence-electron chi connectivity index (χ2n) is 6.09. The summed E-state index contributed by atoms with van der Waals surface area (Å²) in [7, 11) is 0. The predicted molar refractivity (Wildman–Crippen MR) is 74.0 cm³/mol. The fourth-order valence-electron chi connectivity index (χ4n) is 2.09. The lowest BCUT2D eigenvalue weighted by Crippen LogP contribution is -2.33. The van der Waals surface area contributed by atoms with Crippen LogP contribution in [0.2, 0.25) is 0 Å². The summed E-state index contributed by atoms with van der Waals surface area (Å²) in [6, 6.07) is 7.28. The molecule has 0 bridgehead atoms. The van der Waals surface area contributed by atoms with E-state index in [1.807, 2.05) is 32.9 Å². The molecule has 1 aliphatic rings. The van der Waals surface area contributed by atoms with Gasteiger partial charge < -0.3 is 9.84 Å².